The second-order valence-electron chi connectivity index (χ2n) is 4.92. The minimum atomic E-state index is 0.226. The van der Waals surface area contributed by atoms with E-state index < -0.39 is 0 Å². The molecule has 2 aromatic rings. The van der Waals surface area contributed by atoms with Crippen LogP contribution in [0.25, 0.3) is 10.9 Å². The van der Waals surface area contributed by atoms with Gasteiger partial charge in [0.2, 0.25) is 0 Å². The van der Waals surface area contributed by atoms with Gasteiger partial charge in [-0.1, -0.05) is 24.3 Å². The molecule has 1 aliphatic rings. The highest BCUT2D eigenvalue weighted by Crippen LogP contribution is 2.30. The zero-order valence-corrected chi connectivity index (χ0v) is 11.5. The molecule has 3 heteroatoms. The van der Waals surface area contributed by atoms with Crippen molar-refractivity contribution in [2.24, 2.45) is 0 Å². The molecule has 1 aromatic carbocycles. The maximum absolute atomic E-state index is 10.2. The normalized spacial score (nSPS) is 14.3. The minimum absolute atomic E-state index is 0.226. The number of aryl methyl sites for hydroxylation is 1. The molecule has 102 valence electrons. The first-order chi connectivity index (χ1) is 9.75. The average Bonchev–Trinajstić information content (AvgIpc) is 2.49. The Morgan fingerprint density at radius 1 is 1.25 bits per heavy atom. The van der Waals surface area contributed by atoms with Crippen LogP contribution in [0, 0.1) is 6.92 Å². The van der Waals surface area contributed by atoms with Gasteiger partial charge in [0.25, 0.3) is 0 Å². The first-order valence-electron chi connectivity index (χ1n) is 6.82. The predicted molar refractivity (Wildman–Crippen MR) is 79.4 cm³/mol. The van der Waals surface area contributed by atoms with Gasteiger partial charge in [-0.15, -0.1) is 0 Å². The lowest BCUT2D eigenvalue weighted by atomic mass is 10.1. The molecule has 0 unspecified atom stereocenters. The average molecular weight is 267 g/mol. The number of rotatable bonds is 3. The molecule has 0 bridgehead atoms. The van der Waals surface area contributed by atoms with Gasteiger partial charge in [-0.2, -0.15) is 0 Å². The Hall–Kier alpha value is -2.29. The highest BCUT2D eigenvalue weighted by atomic mass is 16.5. The molecule has 1 heterocycles. The number of benzene rings is 1. The maximum Gasteiger partial charge on any atom is 0.144 e. The highest BCUT2D eigenvalue weighted by molar-refractivity contribution is 5.84. The first-order valence-corrected chi connectivity index (χ1v) is 6.82. The Bertz CT molecular complexity index is 701. The summed E-state index contributed by atoms with van der Waals surface area (Å²) in [5.41, 5.74) is 2.32. The fourth-order valence-corrected chi connectivity index (χ4v) is 2.40. The van der Waals surface area contributed by atoms with Crippen LogP contribution in [-0.2, 0) is 11.3 Å². The lowest BCUT2D eigenvalue weighted by Gasteiger charge is -2.14. The Kier molecular flexibility index (Phi) is 3.42. The van der Waals surface area contributed by atoms with Crippen molar-refractivity contribution in [3.8, 4) is 5.75 Å². The maximum atomic E-state index is 10.2. The second-order valence-corrected chi connectivity index (χ2v) is 4.92. The van der Waals surface area contributed by atoms with Gasteiger partial charge in [-0.25, -0.2) is 4.98 Å². The van der Waals surface area contributed by atoms with Crippen LogP contribution in [0.5, 0.6) is 5.75 Å². The largest absolute Gasteiger partial charge is 0.506 e. The molecule has 0 aliphatic heterocycles. The third-order valence-electron chi connectivity index (χ3n) is 3.49. The van der Waals surface area contributed by atoms with E-state index in [1.165, 1.54) is 0 Å². The zero-order valence-electron chi connectivity index (χ0n) is 11.5. The molecule has 0 atom stereocenters. The van der Waals surface area contributed by atoms with E-state index >= 15 is 0 Å². The topological polar surface area (TPSA) is 42.4 Å². The molecule has 1 aliphatic carbocycles. The number of aromatic nitrogens is 1. The number of ether oxygens (including phenoxy) is 1. The van der Waals surface area contributed by atoms with Crippen LogP contribution in [0.15, 0.2) is 48.3 Å². The van der Waals surface area contributed by atoms with Crippen LogP contribution >= 0.6 is 0 Å². The number of fused-ring (bicyclic) bond motifs is 1. The van der Waals surface area contributed by atoms with E-state index in [0.717, 1.165) is 35.1 Å². The van der Waals surface area contributed by atoms with Gasteiger partial charge in [0.05, 0.1) is 11.2 Å². The zero-order chi connectivity index (χ0) is 13.9. The van der Waals surface area contributed by atoms with Crippen LogP contribution in [0.4, 0.5) is 0 Å². The van der Waals surface area contributed by atoms with Gasteiger partial charge in [0, 0.05) is 10.9 Å². The number of aromatic hydroxyl groups is 1. The summed E-state index contributed by atoms with van der Waals surface area (Å²) in [7, 11) is 0. The van der Waals surface area contributed by atoms with Crippen molar-refractivity contribution in [3.05, 3.63) is 59.5 Å². The number of hydrogen-bond acceptors (Lipinski definition) is 3. The van der Waals surface area contributed by atoms with Crippen LogP contribution in [0.2, 0.25) is 0 Å². The molecule has 1 aromatic heterocycles. The summed E-state index contributed by atoms with van der Waals surface area (Å²) in [4.78, 5) is 4.40. The molecule has 0 saturated carbocycles. The summed E-state index contributed by atoms with van der Waals surface area (Å²) >= 11 is 0. The van der Waals surface area contributed by atoms with Crippen molar-refractivity contribution in [2.45, 2.75) is 26.4 Å². The summed E-state index contributed by atoms with van der Waals surface area (Å²) in [6.07, 6.45) is 8.23. The van der Waals surface area contributed by atoms with Gasteiger partial charge in [-0.05, 0) is 38.0 Å². The van der Waals surface area contributed by atoms with E-state index in [-0.39, 0.29) is 5.75 Å². The summed E-state index contributed by atoms with van der Waals surface area (Å²) < 4.78 is 5.80. The van der Waals surface area contributed by atoms with Crippen LogP contribution in [-0.4, -0.2) is 10.1 Å². The van der Waals surface area contributed by atoms with Crippen LogP contribution in [0.1, 0.15) is 24.1 Å². The monoisotopic (exact) mass is 267 g/mol. The number of nitrogens with zero attached hydrogens (tertiary/aromatic N) is 1. The van der Waals surface area contributed by atoms with Crippen LogP contribution in [0.3, 0.4) is 0 Å². The van der Waals surface area contributed by atoms with Gasteiger partial charge in [0.1, 0.15) is 18.1 Å². The molecule has 20 heavy (non-hydrogen) atoms. The quantitative estimate of drug-likeness (QED) is 0.914. The van der Waals surface area contributed by atoms with Crippen molar-refractivity contribution in [2.75, 3.05) is 0 Å². The number of allylic oxidation sites excluding steroid dienone is 3. The predicted octanol–water partition coefficient (Wildman–Crippen LogP) is 4.00. The Labute approximate surface area is 118 Å². The van der Waals surface area contributed by atoms with E-state index in [1.54, 1.807) is 0 Å². The minimum Gasteiger partial charge on any atom is -0.506 e. The summed E-state index contributed by atoms with van der Waals surface area (Å²) in [5, 5.41) is 11.2. The molecule has 0 spiro atoms. The molecular formula is C17H17NO2. The van der Waals surface area contributed by atoms with Gasteiger partial charge in [-0.3, -0.25) is 0 Å². The lowest BCUT2D eigenvalue weighted by molar-refractivity contribution is 0.206. The van der Waals surface area contributed by atoms with Crippen molar-refractivity contribution in [1.29, 1.82) is 0 Å². The van der Waals surface area contributed by atoms with E-state index in [4.69, 9.17) is 4.74 Å². The molecule has 0 amide bonds. The molecule has 0 radical (unpaired) electrons. The third kappa shape index (κ3) is 2.39. The first kappa shape index (κ1) is 12.7. The smallest absolute Gasteiger partial charge is 0.144 e. The van der Waals surface area contributed by atoms with Crippen molar-refractivity contribution in [3.63, 3.8) is 0 Å². The fraction of sp³-hybridized carbons (Fsp3) is 0.235. The SMILES string of the molecule is Cc1nc2ccccc2c(COC2=CCCC=C2)c1O. The molecular weight excluding hydrogens is 250 g/mol. The number of hydrogen-bond donors (Lipinski definition) is 1. The Balaban J connectivity index is 1.95. The molecule has 1 N–H and O–H groups in total. The van der Waals surface area contributed by atoms with E-state index in [2.05, 4.69) is 17.1 Å². The van der Waals surface area contributed by atoms with Gasteiger partial charge < -0.3 is 9.84 Å². The van der Waals surface area contributed by atoms with Gasteiger partial charge >= 0.3 is 0 Å². The number of para-hydroxylation sites is 1. The van der Waals surface area contributed by atoms with Crippen molar-refractivity contribution >= 4 is 10.9 Å². The summed E-state index contributed by atoms with van der Waals surface area (Å²) in [6.45, 7) is 2.16. The lowest BCUT2D eigenvalue weighted by Crippen LogP contribution is -1.98. The van der Waals surface area contributed by atoms with E-state index in [1.807, 2.05) is 37.3 Å². The third-order valence-corrected chi connectivity index (χ3v) is 3.49. The molecule has 0 fully saturated rings. The molecule has 3 rings (SSSR count). The number of pyridine rings is 1. The van der Waals surface area contributed by atoms with E-state index in [0.29, 0.717) is 12.3 Å². The fourth-order valence-electron chi connectivity index (χ4n) is 2.40. The Morgan fingerprint density at radius 3 is 2.90 bits per heavy atom. The van der Waals surface area contributed by atoms with Crippen LogP contribution < -0.4 is 0 Å². The van der Waals surface area contributed by atoms with Crippen molar-refractivity contribution < 1.29 is 9.84 Å². The summed E-state index contributed by atoms with van der Waals surface area (Å²) in [6, 6.07) is 7.81. The van der Waals surface area contributed by atoms with Crippen molar-refractivity contribution in [1.82, 2.24) is 4.98 Å². The highest BCUT2D eigenvalue weighted by Gasteiger charge is 2.12. The molecule has 3 nitrogen and oxygen atoms in total. The summed E-state index contributed by atoms with van der Waals surface area (Å²) in [5.74, 6) is 1.10. The van der Waals surface area contributed by atoms with E-state index in [9.17, 15) is 5.11 Å². The standard InChI is InChI=1S/C17H17NO2/c1-12-17(19)15(11-20-13-7-3-2-4-8-13)14-9-5-6-10-16(14)18-12/h3,5-10,19H,2,4,11H2,1H3. The molecule has 0 saturated heterocycles. The Morgan fingerprint density at radius 2 is 2.10 bits per heavy atom. The van der Waals surface area contributed by atoms with Gasteiger partial charge in [0.15, 0.2) is 0 Å². The second kappa shape index (κ2) is 5.37.